The molecule has 5 nitrogen and oxygen atoms in total. The first kappa shape index (κ1) is 14.7. The molecular weight excluding hydrogens is 288 g/mol. The molecular formula is C18H14N4O. The zero-order valence-corrected chi connectivity index (χ0v) is 12.3. The van der Waals surface area contributed by atoms with Gasteiger partial charge in [-0.05, 0) is 23.8 Å². The Labute approximate surface area is 133 Å². The topological polar surface area (TPSA) is 78.7 Å². The number of para-hydroxylation sites is 1. The summed E-state index contributed by atoms with van der Waals surface area (Å²) in [7, 11) is 0. The molecule has 1 N–H and O–H groups in total. The highest BCUT2D eigenvalue weighted by Crippen LogP contribution is 2.18. The van der Waals surface area contributed by atoms with Gasteiger partial charge in [-0.3, -0.25) is 14.8 Å². The van der Waals surface area contributed by atoms with Crippen molar-refractivity contribution in [3.05, 3.63) is 72.2 Å². The summed E-state index contributed by atoms with van der Waals surface area (Å²) in [6.45, 7) is 0.332. The van der Waals surface area contributed by atoms with E-state index in [0.717, 1.165) is 16.5 Å². The standard InChI is InChI=1S/C18H14N4O/c19-10-15(18(23)21-12-13-4-3-9-20-11-13)17-8-7-14-5-1-2-6-16(14)22-17/h1-9,11,15H,12H2,(H,21,23)/t15-/m1/s1. The minimum Gasteiger partial charge on any atom is -0.350 e. The minimum absolute atomic E-state index is 0.332. The number of benzene rings is 1. The third kappa shape index (κ3) is 3.33. The van der Waals surface area contributed by atoms with E-state index in [4.69, 9.17) is 0 Å². The molecule has 23 heavy (non-hydrogen) atoms. The lowest BCUT2D eigenvalue weighted by molar-refractivity contribution is -0.121. The zero-order valence-electron chi connectivity index (χ0n) is 12.3. The second-order valence-electron chi connectivity index (χ2n) is 5.07. The number of carbonyl (C=O) groups is 1. The Bertz CT molecular complexity index is 871. The van der Waals surface area contributed by atoms with Gasteiger partial charge in [0.2, 0.25) is 5.91 Å². The van der Waals surface area contributed by atoms with Crippen molar-refractivity contribution in [2.24, 2.45) is 0 Å². The van der Waals surface area contributed by atoms with Crippen molar-refractivity contribution in [2.75, 3.05) is 0 Å². The molecule has 0 unspecified atom stereocenters. The second kappa shape index (κ2) is 6.67. The van der Waals surface area contributed by atoms with E-state index in [1.54, 1.807) is 24.5 Å². The maximum atomic E-state index is 12.3. The van der Waals surface area contributed by atoms with Gasteiger partial charge >= 0.3 is 0 Å². The summed E-state index contributed by atoms with van der Waals surface area (Å²) in [4.78, 5) is 20.7. The van der Waals surface area contributed by atoms with Crippen LogP contribution in [-0.2, 0) is 11.3 Å². The largest absolute Gasteiger partial charge is 0.350 e. The van der Waals surface area contributed by atoms with Crippen LogP contribution in [0.2, 0.25) is 0 Å². The predicted molar refractivity (Wildman–Crippen MR) is 86.2 cm³/mol. The molecule has 0 saturated carbocycles. The van der Waals surface area contributed by atoms with Gasteiger partial charge in [-0.15, -0.1) is 0 Å². The molecule has 112 valence electrons. The van der Waals surface area contributed by atoms with Gasteiger partial charge in [0.25, 0.3) is 0 Å². The van der Waals surface area contributed by atoms with Gasteiger partial charge in [0.05, 0.1) is 17.3 Å². The van der Waals surface area contributed by atoms with Gasteiger partial charge in [0.1, 0.15) is 0 Å². The van der Waals surface area contributed by atoms with E-state index < -0.39 is 5.92 Å². The molecule has 5 heteroatoms. The molecule has 0 bridgehead atoms. The minimum atomic E-state index is -0.934. The number of aromatic nitrogens is 2. The summed E-state index contributed by atoms with van der Waals surface area (Å²) < 4.78 is 0. The quantitative estimate of drug-likeness (QED) is 0.803. The van der Waals surface area contributed by atoms with Crippen LogP contribution in [0.1, 0.15) is 17.2 Å². The van der Waals surface area contributed by atoms with Crippen LogP contribution in [-0.4, -0.2) is 15.9 Å². The Morgan fingerprint density at radius 2 is 2.04 bits per heavy atom. The van der Waals surface area contributed by atoms with E-state index in [1.807, 2.05) is 42.5 Å². The van der Waals surface area contributed by atoms with Crippen LogP contribution < -0.4 is 5.32 Å². The van der Waals surface area contributed by atoms with Gasteiger partial charge in [-0.1, -0.05) is 30.3 Å². The van der Waals surface area contributed by atoms with E-state index in [0.29, 0.717) is 12.2 Å². The molecule has 3 rings (SSSR count). The predicted octanol–water partition coefficient (Wildman–Crippen LogP) is 2.55. The first-order valence-electron chi connectivity index (χ1n) is 7.20. The average molecular weight is 302 g/mol. The number of carbonyl (C=O) groups excluding carboxylic acids is 1. The zero-order chi connectivity index (χ0) is 16.1. The van der Waals surface area contributed by atoms with Crippen molar-refractivity contribution in [3.63, 3.8) is 0 Å². The number of rotatable bonds is 4. The molecule has 2 aromatic heterocycles. The Morgan fingerprint density at radius 3 is 2.83 bits per heavy atom. The fourth-order valence-corrected chi connectivity index (χ4v) is 2.30. The van der Waals surface area contributed by atoms with Crippen LogP contribution in [0.15, 0.2) is 60.9 Å². The number of hydrogen-bond donors (Lipinski definition) is 1. The summed E-state index contributed by atoms with van der Waals surface area (Å²) in [6.07, 6.45) is 3.35. The highest BCUT2D eigenvalue weighted by atomic mass is 16.1. The maximum absolute atomic E-state index is 12.3. The van der Waals surface area contributed by atoms with E-state index in [-0.39, 0.29) is 5.91 Å². The molecule has 3 aromatic rings. The van der Waals surface area contributed by atoms with Gasteiger partial charge < -0.3 is 5.32 Å². The van der Waals surface area contributed by atoms with Crippen molar-refractivity contribution >= 4 is 16.8 Å². The van der Waals surface area contributed by atoms with Crippen molar-refractivity contribution in [1.82, 2.24) is 15.3 Å². The first-order chi connectivity index (χ1) is 11.3. The number of nitriles is 1. The van der Waals surface area contributed by atoms with Gasteiger partial charge in [0.15, 0.2) is 5.92 Å². The molecule has 0 aliphatic rings. The van der Waals surface area contributed by atoms with E-state index in [2.05, 4.69) is 15.3 Å². The molecule has 1 atom stereocenters. The third-order valence-corrected chi connectivity index (χ3v) is 3.50. The van der Waals surface area contributed by atoms with E-state index >= 15 is 0 Å². The Kier molecular flexibility index (Phi) is 4.25. The van der Waals surface area contributed by atoms with Crippen LogP contribution in [0.4, 0.5) is 0 Å². The summed E-state index contributed by atoms with van der Waals surface area (Å²) in [5.74, 6) is -1.30. The SMILES string of the molecule is N#C[C@@H](C(=O)NCc1cccnc1)c1ccc2ccccc2n1. The maximum Gasteiger partial charge on any atom is 0.243 e. The second-order valence-corrected chi connectivity index (χ2v) is 5.07. The lowest BCUT2D eigenvalue weighted by Crippen LogP contribution is -2.28. The van der Waals surface area contributed by atoms with Crippen molar-refractivity contribution in [2.45, 2.75) is 12.5 Å². The molecule has 0 aliphatic heterocycles. The molecule has 1 aromatic carbocycles. The summed E-state index contributed by atoms with van der Waals surface area (Å²) >= 11 is 0. The Hall–Kier alpha value is -3.26. The molecule has 0 fully saturated rings. The molecule has 0 radical (unpaired) electrons. The number of nitrogens with one attached hydrogen (secondary N) is 1. The monoisotopic (exact) mass is 302 g/mol. The molecule has 0 aliphatic carbocycles. The van der Waals surface area contributed by atoms with Crippen LogP contribution in [0, 0.1) is 11.3 Å². The molecule has 2 heterocycles. The van der Waals surface area contributed by atoms with Crippen LogP contribution in [0.25, 0.3) is 10.9 Å². The number of nitrogens with zero attached hydrogens (tertiary/aromatic N) is 3. The average Bonchev–Trinajstić information content (AvgIpc) is 2.61. The number of pyridine rings is 2. The Morgan fingerprint density at radius 1 is 1.17 bits per heavy atom. The lowest BCUT2D eigenvalue weighted by atomic mass is 10.0. The van der Waals surface area contributed by atoms with Crippen LogP contribution in [0.5, 0.6) is 0 Å². The number of hydrogen-bond acceptors (Lipinski definition) is 4. The summed E-state index contributed by atoms with van der Waals surface area (Å²) in [5.41, 5.74) is 2.10. The van der Waals surface area contributed by atoms with E-state index in [1.165, 1.54) is 0 Å². The van der Waals surface area contributed by atoms with Crippen LogP contribution in [0.3, 0.4) is 0 Å². The fraction of sp³-hybridized carbons (Fsp3) is 0.111. The van der Waals surface area contributed by atoms with E-state index in [9.17, 15) is 10.1 Å². The van der Waals surface area contributed by atoms with Crippen molar-refractivity contribution in [3.8, 4) is 6.07 Å². The molecule has 0 saturated heterocycles. The third-order valence-electron chi connectivity index (χ3n) is 3.50. The number of amides is 1. The van der Waals surface area contributed by atoms with Gasteiger partial charge in [-0.25, -0.2) is 0 Å². The summed E-state index contributed by atoms with van der Waals surface area (Å²) in [5, 5.41) is 13.1. The summed E-state index contributed by atoms with van der Waals surface area (Å²) in [6, 6.07) is 16.9. The smallest absolute Gasteiger partial charge is 0.243 e. The molecule has 1 amide bonds. The van der Waals surface area contributed by atoms with Crippen molar-refractivity contribution in [1.29, 1.82) is 5.26 Å². The number of fused-ring (bicyclic) bond motifs is 1. The van der Waals surface area contributed by atoms with Crippen molar-refractivity contribution < 1.29 is 4.79 Å². The molecule has 0 spiro atoms. The highest BCUT2D eigenvalue weighted by Gasteiger charge is 2.21. The van der Waals surface area contributed by atoms with Gasteiger partial charge in [-0.2, -0.15) is 5.26 Å². The first-order valence-corrected chi connectivity index (χ1v) is 7.20. The normalized spacial score (nSPS) is 11.6. The lowest BCUT2D eigenvalue weighted by Gasteiger charge is -2.10. The Balaban J connectivity index is 1.77. The van der Waals surface area contributed by atoms with Crippen LogP contribution >= 0.6 is 0 Å². The fourth-order valence-electron chi connectivity index (χ4n) is 2.30. The highest BCUT2D eigenvalue weighted by molar-refractivity contribution is 5.87. The van der Waals surface area contributed by atoms with Gasteiger partial charge in [0, 0.05) is 24.3 Å².